The van der Waals surface area contributed by atoms with Gasteiger partial charge in [-0.15, -0.1) is 0 Å². The van der Waals surface area contributed by atoms with Gasteiger partial charge in [0.1, 0.15) is 23.0 Å². The summed E-state index contributed by atoms with van der Waals surface area (Å²) in [5.41, 5.74) is 1.57. The van der Waals surface area contributed by atoms with Crippen molar-refractivity contribution in [2.75, 3.05) is 13.7 Å². The second-order valence-electron chi connectivity index (χ2n) is 6.03. The predicted molar refractivity (Wildman–Crippen MR) is 111 cm³/mol. The van der Waals surface area contributed by atoms with Gasteiger partial charge < -0.3 is 19.3 Å². The summed E-state index contributed by atoms with van der Waals surface area (Å²) in [7, 11) is 1.59. The maximum atomic E-state index is 12.3. The molecular formula is C23H21NO5. The molecule has 0 spiro atoms. The fourth-order valence-corrected chi connectivity index (χ4v) is 2.55. The zero-order chi connectivity index (χ0) is 20.6. The van der Waals surface area contributed by atoms with Crippen LogP contribution in [0.2, 0.25) is 0 Å². The van der Waals surface area contributed by atoms with Crippen molar-refractivity contribution in [3.05, 3.63) is 77.9 Å². The third-order valence-electron chi connectivity index (χ3n) is 4.02. The molecule has 3 aromatic carbocycles. The van der Waals surface area contributed by atoms with Gasteiger partial charge in [0.2, 0.25) is 0 Å². The minimum absolute atomic E-state index is 0.0476. The van der Waals surface area contributed by atoms with Gasteiger partial charge in [-0.2, -0.15) is 0 Å². The first-order valence-electron chi connectivity index (χ1n) is 9.05. The Bertz CT molecular complexity index is 1010. The number of hydrogen-bond donors (Lipinski definition) is 1. The van der Waals surface area contributed by atoms with Crippen molar-refractivity contribution in [1.82, 2.24) is 0 Å². The lowest BCUT2D eigenvalue weighted by molar-refractivity contribution is 0.0734. The maximum absolute atomic E-state index is 12.3. The molecule has 0 bridgehead atoms. The fourth-order valence-electron chi connectivity index (χ4n) is 2.55. The Kier molecular flexibility index (Phi) is 6.47. The van der Waals surface area contributed by atoms with Crippen molar-refractivity contribution in [2.24, 2.45) is 4.99 Å². The molecule has 0 amide bonds. The largest absolute Gasteiger partial charge is 0.507 e. The molecule has 29 heavy (non-hydrogen) atoms. The summed E-state index contributed by atoms with van der Waals surface area (Å²) >= 11 is 0. The highest BCUT2D eigenvalue weighted by Gasteiger charge is 2.10. The van der Waals surface area contributed by atoms with Crippen molar-refractivity contribution in [2.45, 2.75) is 6.92 Å². The Morgan fingerprint density at radius 2 is 1.76 bits per heavy atom. The van der Waals surface area contributed by atoms with E-state index in [1.54, 1.807) is 49.6 Å². The number of carbonyl (C=O) groups excluding carboxylic acids is 1. The van der Waals surface area contributed by atoms with Crippen LogP contribution in [-0.2, 0) is 0 Å². The van der Waals surface area contributed by atoms with E-state index in [1.807, 2.05) is 25.1 Å². The van der Waals surface area contributed by atoms with Crippen molar-refractivity contribution in [3.8, 4) is 23.0 Å². The quantitative estimate of drug-likeness (QED) is 0.357. The number of hydrogen-bond acceptors (Lipinski definition) is 6. The number of phenols is 1. The smallest absolute Gasteiger partial charge is 0.343 e. The fraction of sp³-hybridized carbons (Fsp3) is 0.130. The van der Waals surface area contributed by atoms with Crippen molar-refractivity contribution in [3.63, 3.8) is 0 Å². The maximum Gasteiger partial charge on any atom is 0.343 e. The standard InChI is InChI=1S/C23H21NO5/c1-3-28-19-10-7-16(8-11-19)23(26)29-21-12-9-17(22(25)14-21)15-24-18-5-4-6-20(13-18)27-2/h4-15,25H,3H2,1-2H3. The van der Waals surface area contributed by atoms with Gasteiger partial charge in [0.25, 0.3) is 0 Å². The lowest BCUT2D eigenvalue weighted by atomic mass is 10.2. The van der Waals surface area contributed by atoms with E-state index in [0.717, 1.165) is 0 Å². The number of ether oxygens (including phenoxy) is 3. The number of phenolic OH excluding ortho intramolecular Hbond substituents is 1. The first-order valence-corrected chi connectivity index (χ1v) is 9.05. The van der Waals surface area contributed by atoms with Gasteiger partial charge in [-0.1, -0.05) is 6.07 Å². The van der Waals surface area contributed by atoms with Crippen LogP contribution in [0.15, 0.2) is 71.7 Å². The number of carbonyl (C=O) groups is 1. The third kappa shape index (κ3) is 5.35. The van der Waals surface area contributed by atoms with E-state index in [1.165, 1.54) is 12.3 Å². The van der Waals surface area contributed by atoms with Crippen LogP contribution in [0, 0.1) is 0 Å². The molecule has 0 aliphatic heterocycles. The Hall–Kier alpha value is -3.80. The van der Waals surface area contributed by atoms with Gasteiger partial charge >= 0.3 is 5.97 Å². The Balaban J connectivity index is 1.68. The number of nitrogens with zero attached hydrogens (tertiary/aromatic N) is 1. The summed E-state index contributed by atoms with van der Waals surface area (Å²) < 4.78 is 15.8. The Morgan fingerprint density at radius 3 is 2.45 bits per heavy atom. The van der Waals surface area contributed by atoms with Crippen LogP contribution in [0.25, 0.3) is 0 Å². The van der Waals surface area contributed by atoms with E-state index in [0.29, 0.717) is 34.9 Å². The van der Waals surface area contributed by atoms with Crippen molar-refractivity contribution < 1.29 is 24.1 Å². The van der Waals surface area contributed by atoms with Gasteiger partial charge in [0, 0.05) is 23.9 Å². The topological polar surface area (TPSA) is 77.4 Å². The number of esters is 1. The molecule has 0 aliphatic rings. The van der Waals surface area contributed by atoms with Crippen LogP contribution in [0.5, 0.6) is 23.0 Å². The van der Waals surface area contributed by atoms with E-state index in [-0.39, 0.29) is 11.5 Å². The van der Waals surface area contributed by atoms with Gasteiger partial charge in [-0.3, -0.25) is 4.99 Å². The zero-order valence-electron chi connectivity index (χ0n) is 16.2. The normalized spacial score (nSPS) is 10.7. The SMILES string of the molecule is CCOc1ccc(C(=O)Oc2ccc(C=Nc3cccc(OC)c3)c(O)c2)cc1. The van der Waals surface area contributed by atoms with Crippen molar-refractivity contribution >= 4 is 17.9 Å². The Morgan fingerprint density at radius 1 is 1.00 bits per heavy atom. The molecule has 0 aliphatic carbocycles. The summed E-state index contributed by atoms with van der Waals surface area (Å²) in [6.07, 6.45) is 1.53. The third-order valence-corrected chi connectivity index (χ3v) is 4.02. The molecule has 1 N–H and O–H groups in total. The number of benzene rings is 3. The average Bonchev–Trinajstić information content (AvgIpc) is 2.74. The lowest BCUT2D eigenvalue weighted by Gasteiger charge is -2.07. The Labute approximate surface area is 169 Å². The molecule has 0 atom stereocenters. The summed E-state index contributed by atoms with van der Waals surface area (Å²) in [6, 6.07) is 18.5. The highest BCUT2D eigenvalue weighted by Crippen LogP contribution is 2.25. The molecule has 0 heterocycles. The number of aromatic hydroxyl groups is 1. The highest BCUT2D eigenvalue weighted by atomic mass is 16.5. The molecule has 0 unspecified atom stereocenters. The summed E-state index contributed by atoms with van der Waals surface area (Å²) in [5.74, 6) is 1.04. The van der Waals surface area contributed by atoms with Crippen molar-refractivity contribution in [1.29, 1.82) is 0 Å². The first kappa shape index (κ1) is 19.9. The number of methoxy groups -OCH3 is 1. The van der Waals surface area contributed by atoms with E-state index in [4.69, 9.17) is 14.2 Å². The molecular weight excluding hydrogens is 370 g/mol. The van der Waals surface area contributed by atoms with E-state index >= 15 is 0 Å². The highest BCUT2D eigenvalue weighted by molar-refractivity contribution is 5.91. The van der Waals surface area contributed by atoms with E-state index in [2.05, 4.69) is 4.99 Å². The molecule has 0 radical (unpaired) electrons. The van der Waals surface area contributed by atoms with Crippen LogP contribution in [0.4, 0.5) is 5.69 Å². The predicted octanol–water partition coefficient (Wildman–Crippen LogP) is 4.77. The number of rotatable bonds is 7. The average molecular weight is 391 g/mol. The minimum atomic E-state index is -0.523. The molecule has 0 saturated carbocycles. The van der Waals surface area contributed by atoms with Gasteiger partial charge in [-0.05, 0) is 55.5 Å². The van der Waals surface area contributed by atoms with Gasteiger partial charge in [0.15, 0.2) is 0 Å². The van der Waals surface area contributed by atoms with Crippen LogP contribution in [0.3, 0.4) is 0 Å². The van der Waals surface area contributed by atoms with Crippen LogP contribution in [0.1, 0.15) is 22.8 Å². The van der Waals surface area contributed by atoms with Crippen LogP contribution < -0.4 is 14.2 Å². The molecule has 0 fully saturated rings. The van der Waals surface area contributed by atoms with E-state index in [9.17, 15) is 9.90 Å². The minimum Gasteiger partial charge on any atom is -0.507 e. The molecule has 0 aromatic heterocycles. The summed E-state index contributed by atoms with van der Waals surface area (Å²) in [5, 5.41) is 10.2. The molecule has 3 rings (SSSR count). The zero-order valence-corrected chi connectivity index (χ0v) is 16.2. The molecule has 148 valence electrons. The summed E-state index contributed by atoms with van der Waals surface area (Å²) in [4.78, 5) is 16.6. The van der Waals surface area contributed by atoms with Crippen LogP contribution in [-0.4, -0.2) is 31.0 Å². The molecule has 3 aromatic rings. The molecule has 6 nitrogen and oxygen atoms in total. The summed E-state index contributed by atoms with van der Waals surface area (Å²) in [6.45, 7) is 2.44. The van der Waals surface area contributed by atoms with Gasteiger partial charge in [0.05, 0.1) is 25.0 Å². The molecule has 6 heteroatoms. The number of aliphatic imine (C=N–C) groups is 1. The van der Waals surface area contributed by atoms with Gasteiger partial charge in [-0.25, -0.2) is 4.79 Å². The van der Waals surface area contributed by atoms with E-state index < -0.39 is 5.97 Å². The first-order chi connectivity index (χ1) is 14.1. The lowest BCUT2D eigenvalue weighted by Crippen LogP contribution is -2.08. The second kappa shape index (κ2) is 9.41. The monoisotopic (exact) mass is 391 g/mol. The molecule has 0 saturated heterocycles. The van der Waals surface area contributed by atoms with Crippen LogP contribution >= 0.6 is 0 Å². The second-order valence-corrected chi connectivity index (χ2v) is 6.03.